The second kappa shape index (κ2) is 16.3. The van der Waals surface area contributed by atoms with E-state index in [-0.39, 0.29) is 0 Å². The van der Waals surface area contributed by atoms with E-state index < -0.39 is 0 Å². The van der Waals surface area contributed by atoms with Crippen LogP contribution in [0.25, 0.3) is 66.6 Å². The fourth-order valence-corrected chi connectivity index (χ4v) is 8.64. The van der Waals surface area contributed by atoms with Crippen molar-refractivity contribution in [1.82, 2.24) is 19.5 Å². The Labute approximate surface area is 351 Å². The molecule has 0 aliphatic heterocycles. The van der Waals surface area contributed by atoms with Crippen LogP contribution >= 0.6 is 0 Å². The molecule has 3 heterocycles. The molecule has 0 atom stereocenters. The summed E-state index contributed by atoms with van der Waals surface area (Å²) in [5.41, 5.74) is 13.6. The average Bonchev–Trinajstić information content (AvgIpc) is 3.88. The maximum absolute atomic E-state index is 6.51. The van der Waals surface area contributed by atoms with Crippen molar-refractivity contribution in [2.75, 3.05) is 4.90 Å². The lowest BCUT2D eigenvalue weighted by Crippen LogP contribution is -2.15. The summed E-state index contributed by atoms with van der Waals surface area (Å²) in [6.07, 6.45) is 33.2. The van der Waals surface area contributed by atoms with Gasteiger partial charge in [0.05, 0.1) is 16.7 Å². The molecule has 7 aromatic rings. The zero-order chi connectivity index (χ0) is 40.4. The van der Waals surface area contributed by atoms with E-state index in [1.165, 1.54) is 0 Å². The maximum atomic E-state index is 6.51. The van der Waals surface area contributed by atoms with Crippen LogP contribution in [0.15, 0.2) is 174 Å². The van der Waals surface area contributed by atoms with E-state index in [4.69, 9.17) is 19.4 Å². The molecule has 0 bridgehead atoms. The van der Waals surface area contributed by atoms with Gasteiger partial charge in [0.15, 0.2) is 11.4 Å². The molecule has 294 valence electrons. The van der Waals surface area contributed by atoms with E-state index in [9.17, 15) is 0 Å². The molecule has 0 radical (unpaired) electrons. The molecular formula is C54H47N5O. The number of hydrogen-bond donors (Lipinski definition) is 0. The Bertz CT molecular complexity index is 3020. The third-order valence-corrected chi connectivity index (χ3v) is 11.5. The number of fused-ring (bicyclic) bond motifs is 4. The highest BCUT2D eigenvalue weighted by Gasteiger charge is 2.22. The fraction of sp³-hybridized carbons (Fsp3) is 0.167. The summed E-state index contributed by atoms with van der Waals surface area (Å²) in [7, 11) is 0. The molecule has 6 heteroatoms. The molecule has 0 fully saturated rings. The van der Waals surface area contributed by atoms with E-state index in [2.05, 4.69) is 187 Å². The molecule has 0 amide bonds. The van der Waals surface area contributed by atoms with Crippen molar-refractivity contribution in [2.24, 2.45) is 0 Å². The summed E-state index contributed by atoms with van der Waals surface area (Å²) < 4.78 is 8.81. The predicted octanol–water partition coefficient (Wildman–Crippen LogP) is 14.6. The van der Waals surface area contributed by atoms with Gasteiger partial charge in [0.25, 0.3) is 0 Å². The van der Waals surface area contributed by atoms with Crippen molar-refractivity contribution in [3.63, 3.8) is 0 Å². The van der Waals surface area contributed by atoms with Crippen LogP contribution in [-0.2, 0) is 0 Å². The molecule has 0 N–H and O–H groups in total. The third kappa shape index (κ3) is 7.08. The Morgan fingerprint density at radius 2 is 1.50 bits per heavy atom. The number of anilines is 2. The predicted molar refractivity (Wildman–Crippen MR) is 250 cm³/mol. The van der Waals surface area contributed by atoms with Crippen LogP contribution in [0, 0.1) is 0 Å². The Morgan fingerprint density at radius 3 is 2.23 bits per heavy atom. The quantitative estimate of drug-likeness (QED) is 0.129. The lowest BCUT2D eigenvalue weighted by atomic mass is 10.0. The molecule has 0 spiro atoms. The fourth-order valence-electron chi connectivity index (χ4n) is 8.64. The number of allylic oxidation sites excluding steroid dienone is 15. The van der Waals surface area contributed by atoms with Gasteiger partial charge in [-0.3, -0.25) is 4.57 Å². The minimum Gasteiger partial charge on any atom is -0.436 e. The first kappa shape index (κ1) is 37.2. The van der Waals surface area contributed by atoms with Gasteiger partial charge in [-0.25, -0.2) is 15.0 Å². The number of oxazole rings is 1. The highest BCUT2D eigenvalue weighted by molar-refractivity contribution is 6.13. The molecule has 0 unspecified atom stereocenters. The van der Waals surface area contributed by atoms with Crippen molar-refractivity contribution in [1.29, 1.82) is 0 Å². The van der Waals surface area contributed by atoms with Crippen molar-refractivity contribution >= 4 is 61.0 Å². The molecule has 4 aromatic carbocycles. The zero-order valence-corrected chi connectivity index (χ0v) is 34.2. The summed E-state index contributed by atoms with van der Waals surface area (Å²) in [5.74, 6) is 2.26. The summed E-state index contributed by atoms with van der Waals surface area (Å²) in [4.78, 5) is 17.9. The topological polar surface area (TPSA) is 60.0 Å². The lowest BCUT2D eigenvalue weighted by Gasteiger charge is -2.26. The highest BCUT2D eigenvalue weighted by atomic mass is 16.3. The van der Waals surface area contributed by atoms with Gasteiger partial charge in [-0.15, -0.1) is 0 Å². The number of rotatable bonds is 10. The van der Waals surface area contributed by atoms with E-state index in [0.717, 1.165) is 140 Å². The average molecular weight is 782 g/mol. The van der Waals surface area contributed by atoms with Gasteiger partial charge in [0, 0.05) is 39.5 Å². The SMILES string of the molecule is C/C=C\C(=C/CC)N(c1ccccc1)c1ccc(-c2ccc3c(c2)c2cc4oc(C5=CCCC=C5)nc4cc2n3-c2cc(C3=CCCC=C3)nc(C3=CC=CCC3)n2)cc1. The molecular weight excluding hydrogens is 735 g/mol. The van der Waals surface area contributed by atoms with Gasteiger partial charge >= 0.3 is 0 Å². The number of nitrogens with zero attached hydrogens (tertiary/aromatic N) is 5. The minimum absolute atomic E-state index is 0.654. The summed E-state index contributed by atoms with van der Waals surface area (Å²) in [5, 5.41) is 2.20. The van der Waals surface area contributed by atoms with Crippen LogP contribution in [-0.4, -0.2) is 19.5 Å². The van der Waals surface area contributed by atoms with Gasteiger partial charge < -0.3 is 9.32 Å². The first-order valence-electron chi connectivity index (χ1n) is 21.3. The van der Waals surface area contributed by atoms with E-state index in [1.807, 2.05) is 0 Å². The lowest BCUT2D eigenvalue weighted by molar-refractivity contribution is 0.585. The first-order chi connectivity index (χ1) is 29.6. The Morgan fingerprint density at radius 1 is 0.733 bits per heavy atom. The molecule has 3 aromatic heterocycles. The molecule has 60 heavy (non-hydrogen) atoms. The second-order valence-corrected chi connectivity index (χ2v) is 15.6. The second-order valence-electron chi connectivity index (χ2n) is 15.6. The molecule has 10 rings (SSSR count). The molecule has 6 nitrogen and oxygen atoms in total. The molecule has 0 saturated heterocycles. The van der Waals surface area contributed by atoms with Crippen LogP contribution < -0.4 is 4.90 Å². The number of aromatic nitrogens is 4. The van der Waals surface area contributed by atoms with Crippen molar-refractivity contribution in [2.45, 2.75) is 58.8 Å². The maximum Gasteiger partial charge on any atom is 0.226 e. The number of hydrogen-bond acceptors (Lipinski definition) is 5. The molecule has 3 aliphatic carbocycles. The van der Waals surface area contributed by atoms with E-state index in [0.29, 0.717) is 5.89 Å². The number of para-hydroxylation sites is 1. The summed E-state index contributed by atoms with van der Waals surface area (Å²) in [6, 6.07) is 32.8. The molecule has 3 aliphatic rings. The first-order valence-corrected chi connectivity index (χ1v) is 21.3. The highest BCUT2D eigenvalue weighted by Crippen LogP contribution is 2.40. The van der Waals surface area contributed by atoms with Gasteiger partial charge in [-0.05, 0) is 129 Å². The monoisotopic (exact) mass is 781 g/mol. The number of benzene rings is 4. The van der Waals surface area contributed by atoms with Crippen LogP contribution in [0.4, 0.5) is 11.4 Å². The Hall–Kier alpha value is -7.05. The summed E-state index contributed by atoms with van der Waals surface area (Å²) >= 11 is 0. The Kier molecular flexibility index (Phi) is 10.1. The normalized spacial score (nSPS) is 15.6. The van der Waals surface area contributed by atoms with Gasteiger partial charge in [0.1, 0.15) is 11.3 Å². The van der Waals surface area contributed by atoms with E-state index >= 15 is 0 Å². The molecule has 0 saturated carbocycles. The third-order valence-electron chi connectivity index (χ3n) is 11.5. The van der Waals surface area contributed by atoms with Gasteiger partial charge in [-0.2, -0.15) is 0 Å². The standard InChI is InChI=1S/C54H47N5O/c1-3-17-42(18-4-2)58(43-25-15-8-16-26-43)44-30-27-37(28-31-44)41-29-32-49-45(33-41)46-34-51-48(56-54(60-51)40-23-13-7-14-24-40)35-50(46)59(49)52-36-47(38-19-9-5-10-20-38)55-53(57-52)39-21-11-6-12-22-39/h3,6,8-9,11,13,15-21,23-36H,4-5,7,10,12,14,22H2,1-2H3/b17-3-,42-18+. The van der Waals surface area contributed by atoms with Crippen molar-refractivity contribution < 1.29 is 4.42 Å². The zero-order valence-electron chi connectivity index (χ0n) is 34.2. The van der Waals surface area contributed by atoms with Crippen molar-refractivity contribution in [3.05, 3.63) is 187 Å². The Balaban J connectivity index is 1.15. The van der Waals surface area contributed by atoms with Crippen molar-refractivity contribution in [3.8, 4) is 16.9 Å². The van der Waals surface area contributed by atoms with Gasteiger partial charge in [-0.1, -0.05) is 110 Å². The van der Waals surface area contributed by atoms with Gasteiger partial charge in [0.2, 0.25) is 5.89 Å². The smallest absolute Gasteiger partial charge is 0.226 e. The minimum atomic E-state index is 0.654. The largest absolute Gasteiger partial charge is 0.436 e. The van der Waals surface area contributed by atoms with Crippen LogP contribution in [0.3, 0.4) is 0 Å². The van der Waals surface area contributed by atoms with Crippen LogP contribution in [0.2, 0.25) is 0 Å². The van der Waals surface area contributed by atoms with Crippen LogP contribution in [0.1, 0.15) is 76.2 Å². The summed E-state index contributed by atoms with van der Waals surface area (Å²) in [6.45, 7) is 4.25. The van der Waals surface area contributed by atoms with Crippen LogP contribution in [0.5, 0.6) is 0 Å². The van der Waals surface area contributed by atoms with E-state index in [1.54, 1.807) is 0 Å².